The molecule has 0 amide bonds. The summed E-state index contributed by atoms with van der Waals surface area (Å²) in [5, 5.41) is 11.5. The van der Waals surface area contributed by atoms with Crippen LogP contribution in [0.4, 0.5) is 0 Å². The van der Waals surface area contributed by atoms with E-state index in [4.69, 9.17) is 9.73 Å². The SMILES string of the molecule is CCNC(=NCC1(SCC)CCOCC1)NC(C)Cc1c(C)nn(C)c1C.I. The van der Waals surface area contributed by atoms with Crippen LogP contribution in [0.25, 0.3) is 0 Å². The highest BCUT2D eigenvalue weighted by Crippen LogP contribution is 2.35. The lowest BCUT2D eigenvalue weighted by Crippen LogP contribution is -2.45. The maximum absolute atomic E-state index is 5.58. The van der Waals surface area contributed by atoms with Crippen molar-refractivity contribution in [2.75, 3.05) is 32.1 Å². The molecule has 0 aliphatic carbocycles. The van der Waals surface area contributed by atoms with Crippen molar-refractivity contribution >= 4 is 41.7 Å². The molecule has 2 rings (SSSR count). The first-order valence-corrected chi connectivity index (χ1v) is 11.1. The number of nitrogens with zero attached hydrogens (tertiary/aromatic N) is 3. The summed E-state index contributed by atoms with van der Waals surface area (Å²) in [7, 11) is 2.01. The molecular weight excluding hydrogens is 485 g/mol. The van der Waals surface area contributed by atoms with E-state index in [2.05, 4.69) is 50.4 Å². The standard InChI is InChI=1S/C20H37N5OS.HI/c1-7-21-19(22-14-20(27-8-2)9-11-26-12-10-20)23-15(3)13-18-16(4)24-25(6)17(18)5;/h15H,7-14H2,1-6H3,(H2,21,22,23);1H. The molecule has 1 aromatic rings. The molecule has 1 unspecified atom stereocenters. The number of halogens is 1. The van der Waals surface area contributed by atoms with Crippen LogP contribution in [0.1, 0.15) is 50.6 Å². The lowest BCUT2D eigenvalue weighted by Gasteiger charge is -2.35. The van der Waals surface area contributed by atoms with Gasteiger partial charge in [-0.25, -0.2) is 0 Å². The summed E-state index contributed by atoms with van der Waals surface area (Å²) in [5.41, 5.74) is 3.69. The molecule has 1 aromatic heterocycles. The molecule has 1 saturated heterocycles. The van der Waals surface area contributed by atoms with Crippen LogP contribution < -0.4 is 10.6 Å². The smallest absolute Gasteiger partial charge is 0.191 e. The summed E-state index contributed by atoms with van der Waals surface area (Å²) >= 11 is 2.03. The molecule has 28 heavy (non-hydrogen) atoms. The Labute approximate surface area is 192 Å². The Morgan fingerprint density at radius 2 is 2.00 bits per heavy atom. The first-order chi connectivity index (χ1) is 12.9. The number of rotatable bonds is 8. The minimum atomic E-state index is 0. The number of hydrogen-bond donors (Lipinski definition) is 2. The topological polar surface area (TPSA) is 63.5 Å². The molecule has 2 N–H and O–H groups in total. The molecule has 0 spiro atoms. The molecule has 8 heteroatoms. The lowest BCUT2D eigenvalue weighted by molar-refractivity contribution is 0.0793. The predicted molar refractivity (Wildman–Crippen MR) is 131 cm³/mol. The molecule has 0 saturated carbocycles. The minimum Gasteiger partial charge on any atom is -0.381 e. The van der Waals surface area contributed by atoms with Crippen molar-refractivity contribution in [3.8, 4) is 0 Å². The molecule has 1 fully saturated rings. The summed E-state index contributed by atoms with van der Waals surface area (Å²) in [6.45, 7) is 14.2. The van der Waals surface area contributed by atoms with Crippen molar-refractivity contribution in [3.05, 3.63) is 17.0 Å². The van der Waals surface area contributed by atoms with Gasteiger partial charge in [0.25, 0.3) is 0 Å². The van der Waals surface area contributed by atoms with Crippen LogP contribution in [0.15, 0.2) is 4.99 Å². The zero-order valence-electron chi connectivity index (χ0n) is 18.3. The van der Waals surface area contributed by atoms with E-state index in [0.717, 1.165) is 63.0 Å². The van der Waals surface area contributed by atoms with Crippen molar-refractivity contribution in [1.29, 1.82) is 0 Å². The average molecular weight is 524 g/mol. The van der Waals surface area contributed by atoms with Gasteiger partial charge in [-0.05, 0) is 58.3 Å². The van der Waals surface area contributed by atoms with Crippen molar-refractivity contribution in [2.45, 2.75) is 64.7 Å². The van der Waals surface area contributed by atoms with Gasteiger partial charge in [-0.1, -0.05) is 6.92 Å². The van der Waals surface area contributed by atoms with Crippen molar-refractivity contribution < 1.29 is 4.74 Å². The van der Waals surface area contributed by atoms with E-state index in [-0.39, 0.29) is 34.8 Å². The van der Waals surface area contributed by atoms with Crippen LogP contribution >= 0.6 is 35.7 Å². The van der Waals surface area contributed by atoms with E-state index in [9.17, 15) is 0 Å². The molecule has 6 nitrogen and oxygen atoms in total. The van der Waals surface area contributed by atoms with E-state index in [1.807, 2.05) is 23.5 Å². The van der Waals surface area contributed by atoms with Gasteiger partial charge >= 0.3 is 0 Å². The van der Waals surface area contributed by atoms with Gasteiger partial charge in [0.1, 0.15) is 0 Å². The number of aryl methyl sites for hydroxylation is 2. The van der Waals surface area contributed by atoms with E-state index < -0.39 is 0 Å². The third-order valence-electron chi connectivity index (χ3n) is 5.28. The second-order valence-corrected chi connectivity index (χ2v) is 9.18. The van der Waals surface area contributed by atoms with Gasteiger partial charge in [0, 0.05) is 43.3 Å². The quantitative estimate of drug-likeness (QED) is 0.311. The highest BCUT2D eigenvalue weighted by atomic mass is 127. The molecular formula is C20H38IN5OS. The lowest BCUT2D eigenvalue weighted by atomic mass is 9.99. The van der Waals surface area contributed by atoms with E-state index >= 15 is 0 Å². The molecule has 2 heterocycles. The third-order valence-corrected chi connectivity index (χ3v) is 6.71. The molecule has 1 aliphatic rings. The Kier molecular flexibility index (Phi) is 11.2. The van der Waals surface area contributed by atoms with Gasteiger partial charge in [-0.15, -0.1) is 24.0 Å². The summed E-state index contributed by atoms with van der Waals surface area (Å²) in [4.78, 5) is 4.96. The maximum Gasteiger partial charge on any atom is 0.191 e. The van der Waals surface area contributed by atoms with Gasteiger partial charge in [-0.2, -0.15) is 16.9 Å². The Balaban J connectivity index is 0.00000392. The number of aromatic nitrogens is 2. The molecule has 0 aromatic carbocycles. The van der Waals surface area contributed by atoms with Crippen molar-refractivity contribution in [1.82, 2.24) is 20.4 Å². The number of aliphatic imine (C=N–C) groups is 1. The van der Waals surface area contributed by atoms with E-state index in [1.165, 1.54) is 11.3 Å². The largest absolute Gasteiger partial charge is 0.381 e. The number of hydrogen-bond acceptors (Lipinski definition) is 4. The van der Waals surface area contributed by atoms with E-state index in [0.29, 0.717) is 0 Å². The first kappa shape index (κ1) is 25.6. The minimum absolute atomic E-state index is 0. The zero-order chi connectivity index (χ0) is 19.9. The molecule has 0 radical (unpaired) electrons. The first-order valence-electron chi connectivity index (χ1n) is 10.2. The van der Waals surface area contributed by atoms with Crippen LogP contribution in [0.2, 0.25) is 0 Å². The fourth-order valence-corrected chi connectivity index (χ4v) is 4.87. The zero-order valence-corrected chi connectivity index (χ0v) is 21.4. The fraction of sp³-hybridized carbons (Fsp3) is 0.800. The summed E-state index contributed by atoms with van der Waals surface area (Å²) in [6, 6.07) is 0.286. The second kappa shape index (κ2) is 12.3. The van der Waals surface area contributed by atoms with Gasteiger partial charge in [0.2, 0.25) is 0 Å². The molecule has 0 bridgehead atoms. The highest BCUT2D eigenvalue weighted by Gasteiger charge is 2.32. The Morgan fingerprint density at radius 3 is 2.54 bits per heavy atom. The average Bonchev–Trinajstić information content (AvgIpc) is 2.87. The molecule has 1 atom stereocenters. The van der Waals surface area contributed by atoms with Crippen molar-refractivity contribution in [2.24, 2.45) is 12.0 Å². The van der Waals surface area contributed by atoms with Gasteiger partial charge in [0.05, 0.1) is 12.2 Å². The highest BCUT2D eigenvalue weighted by molar-refractivity contribution is 14.0. The second-order valence-electron chi connectivity index (χ2n) is 7.45. The van der Waals surface area contributed by atoms with Crippen LogP contribution in [0.3, 0.4) is 0 Å². The number of guanidine groups is 1. The van der Waals surface area contributed by atoms with E-state index in [1.54, 1.807) is 0 Å². The molecule has 1 aliphatic heterocycles. The maximum atomic E-state index is 5.58. The number of ether oxygens (including phenoxy) is 1. The third kappa shape index (κ3) is 7.09. The van der Waals surface area contributed by atoms with Crippen LogP contribution in [0.5, 0.6) is 0 Å². The summed E-state index contributed by atoms with van der Waals surface area (Å²) in [5.74, 6) is 2.03. The van der Waals surface area contributed by atoms with Crippen LogP contribution in [-0.2, 0) is 18.2 Å². The monoisotopic (exact) mass is 523 g/mol. The Hall–Kier alpha value is -0.480. The van der Waals surface area contributed by atoms with Gasteiger partial charge < -0.3 is 15.4 Å². The Morgan fingerprint density at radius 1 is 1.32 bits per heavy atom. The fourth-order valence-electron chi connectivity index (χ4n) is 3.64. The Bertz CT molecular complexity index is 623. The van der Waals surface area contributed by atoms with Gasteiger partial charge in [-0.3, -0.25) is 9.67 Å². The van der Waals surface area contributed by atoms with Crippen LogP contribution in [-0.4, -0.2) is 58.6 Å². The van der Waals surface area contributed by atoms with Crippen LogP contribution in [0, 0.1) is 13.8 Å². The normalized spacial score (nSPS) is 17.7. The summed E-state index contributed by atoms with van der Waals surface area (Å²) < 4.78 is 7.76. The number of thioether (sulfide) groups is 1. The van der Waals surface area contributed by atoms with Crippen molar-refractivity contribution in [3.63, 3.8) is 0 Å². The summed E-state index contributed by atoms with van der Waals surface area (Å²) in [6.07, 6.45) is 3.11. The number of nitrogens with one attached hydrogen (secondary N) is 2. The predicted octanol–water partition coefficient (Wildman–Crippen LogP) is 3.44. The molecule has 162 valence electrons. The van der Waals surface area contributed by atoms with Gasteiger partial charge in [0.15, 0.2) is 5.96 Å².